The molecule has 2 heterocycles. The van der Waals surface area contributed by atoms with Crippen molar-refractivity contribution in [3.05, 3.63) is 33.8 Å². The zero-order valence-electron chi connectivity index (χ0n) is 11.9. The number of hydrogen-bond acceptors (Lipinski definition) is 4. The smallest absolute Gasteiger partial charge is 0.0872 e. The van der Waals surface area contributed by atoms with Crippen molar-refractivity contribution in [2.75, 3.05) is 19.7 Å². The Morgan fingerprint density at radius 3 is 2.86 bits per heavy atom. The maximum absolute atomic E-state index is 6.25. The number of fused-ring (bicyclic) bond motifs is 1. The Morgan fingerprint density at radius 1 is 1.38 bits per heavy atom. The third kappa shape index (κ3) is 3.36. The first-order valence-electron chi connectivity index (χ1n) is 7.43. The monoisotopic (exact) mass is 329 g/mol. The highest BCUT2D eigenvalue weighted by atomic mass is 35.5. The summed E-state index contributed by atoms with van der Waals surface area (Å²) in [6.45, 7) is 2.87. The predicted octanol–water partition coefficient (Wildman–Crippen LogP) is 2.23. The molecule has 0 saturated carbocycles. The molecule has 3 rings (SSSR count). The highest BCUT2D eigenvalue weighted by molar-refractivity contribution is 6.36. The SMILES string of the molecule is NNC(Cc1c(Cl)cccc1Cl)C1CN2CCCC2CO1. The molecule has 0 radical (unpaired) electrons. The average molecular weight is 330 g/mol. The lowest BCUT2D eigenvalue weighted by atomic mass is 9.99. The highest BCUT2D eigenvalue weighted by Gasteiger charge is 2.35. The van der Waals surface area contributed by atoms with Gasteiger partial charge in [0.2, 0.25) is 0 Å². The zero-order chi connectivity index (χ0) is 14.8. The van der Waals surface area contributed by atoms with E-state index in [-0.39, 0.29) is 12.1 Å². The summed E-state index contributed by atoms with van der Waals surface area (Å²) in [5.74, 6) is 5.75. The van der Waals surface area contributed by atoms with E-state index in [1.54, 1.807) is 0 Å². The van der Waals surface area contributed by atoms with Crippen LogP contribution in [-0.2, 0) is 11.2 Å². The molecule has 0 aromatic heterocycles. The summed E-state index contributed by atoms with van der Waals surface area (Å²) in [6, 6.07) is 6.15. The van der Waals surface area contributed by atoms with Crippen molar-refractivity contribution in [1.82, 2.24) is 10.3 Å². The molecule has 2 saturated heterocycles. The van der Waals surface area contributed by atoms with Gasteiger partial charge in [-0.15, -0.1) is 0 Å². The van der Waals surface area contributed by atoms with Crippen molar-refractivity contribution in [3.63, 3.8) is 0 Å². The number of rotatable bonds is 4. The van der Waals surface area contributed by atoms with E-state index in [0.29, 0.717) is 22.5 Å². The van der Waals surface area contributed by atoms with Gasteiger partial charge in [0.05, 0.1) is 18.8 Å². The first-order valence-corrected chi connectivity index (χ1v) is 8.19. The molecule has 3 N–H and O–H groups in total. The largest absolute Gasteiger partial charge is 0.374 e. The first-order chi connectivity index (χ1) is 10.2. The van der Waals surface area contributed by atoms with Crippen molar-refractivity contribution in [3.8, 4) is 0 Å². The quantitative estimate of drug-likeness (QED) is 0.657. The van der Waals surface area contributed by atoms with Crippen LogP contribution in [0.2, 0.25) is 10.0 Å². The second-order valence-corrected chi connectivity index (χ2v) is 6.65. The molecule has 2 aliphatic rings. The van der Waals surface area contributed by atoms with E-state index in [1.165, 1.54) is 12.8 Å². The minimum atomic E-state index is 0.00366. The van der Waals surface area contributed by atoms with Crippen LogP contribution in [0.4, 0.5) is 0 Å². The second-order valence-electron chi connectivity index (χ2n) is 5.84. The van der Waals surface area contributed by atoms with E-state index in [0.717, 1.165) is 25.3 Å². The van der Waals surface area contributed by atoms with Gasteiger partial charge in [0.1, 0.15) is 0 Å². The van der Waals surface area contributed by atoms with Crippen molar-refractivity contribution >= 4 is 23.2 Å². The predicted molar refractivity (Wildman–Crippen MR) is 85.6 cm³/mol. The Kier molecular flexibility index (Phi) is 5.04. The van der Waals surface area contributed by atoms with Gasteiger partial charge < -0.3 is 4.74 Å². The zero-order valence-corrected chi connectivity index (χ0v) is 13.4. The van der Waals surface area contributed by atoms with Crippen molar-refractivity contribution in [1.29, 1.82) is 0 Å². The van der Waals surface area contributed by atoms with Gasteiger partial charge in [-0.05, 0) is 43.5 Å². The van der Waals surface area contributed by atoms with E-state index in [1.807, 2.05) is 18.2 Å². The van der Waals surface area contributed by atoms with Crippen LogP contribution < -0.4 is 11.3 Å². The second kappa shape index (κ2) is 6.82. The molecular formula is C15H21Cl2N3O. The van der Waals surface area contributed by atoms with Crippen molar-refractivity contribution in [2.45, 2.75) is 37.5 Å². The lowest BCUT2D eigenvalue weighted by Crippen LogP contribution is -2.56. The summed E-state index contributed by atoms with van der Waals surface area (Å²) >= 11 is 12.5. The third-order valence-electron chi connectivity index (χ3n) is 4.56. The van der Waals surface area contributed by atoms with Crippen molar-refractivity contribution < 1.29 is 4.74 Å². The number of morpholine rings is 1. The molecule has 6 heteroatoms. The fourth-order valence-electron chi connectivity index (χ4n) is 3.33. The molecule has 2 aliphatic heterocycles. The lowest BCUT2D eigenvalue weighted by molar-refractivity contribution is -0.0644. The number of ether oxygens (including phenoxy) is 1. The minimum absolute atomic E-state index is 0.00366. The highest BCUT2D eigenvalue weighted by Crippen LogP contribution is 2.28. The Labute approximate surface area is 135 Å². The topological polar surface area (TPSA) is 50.5 Å². The number of nitrogens with two attached hydrogens (primary N) is 1. The molecule has 0 bridgehead atoms. The lowest BCUT2D eigenvalue weighted by Gasteiger charge is -2.38. The molecule has 1 aromatic rings. The van der Waals surface area contributed by atoms with Gasteiger partial charge in [0.25, 0.3) is 0 Å². The summed E-state index contributed by atoms with van der Waals surface area (Å²) in [7, 11) is 0. The molecule has 4 nitrogen and oxygen atoms in total. The molecule has 3 unspecified atom stereocenters. The maximum atomic E-state index is 6.25. The van der Waals surface area contributed by atoms with Crippen molar-refractivity contribution in [2.24, 2.45) is 5.84 Å². The fourth-order valence-corrected chi connectivity index (χ4v) is 3.88. The van der Waals surface area contributed by atoms with Crippen LogP contribution in [0.5, 0.6) is 0 Å². The van der Waals surface area contributed by atoms with Gasteiger partial charge in [-0.1, -0.05) is 29.3 Å². The summed E-state index contributed by atoms with van der Waals surface area (Å²) in [6.07, 6.45) is 3.23. The standard InChI is InChI=1S/C15H21Cl2N3O/c16-12-4-1-5-13(17)11(12)7-14(19-18)15-8-20-6-2-3-10(20)9-21-15/h1,4-5,10,14-15,19H,2-3,6-9,18H2. The molecule has 21 heavy (non-hydrogen) atoms. The van der Waals surface area contributed by atoms with E-state index >= 15 is 0 Å². The summed E-state index contributed by atoms with van der Waals surface area (Å²) in [5.41, 5.74) is 3.81. The molecule has 0 aliphatic carbocycles. The first kappa shape index (κ1) is 15.5. The minimum Gasteiger partial charge on any atom is -0.374 e. The number of nitrogens with one attached hydrogen (secondary N) is 1. The number of benzene rings is 1. The van der Waals surface area contributed by atoms with Crippen LogP contribution in [0.1, 0.15) is 18.4 Å². The van der Waals surface area contributed by atoms with E-state index in [9.17, 15) is 0 Å². The molecule has 1 aromatic carbocycles. The van der Waals surface area contributed by atoms with Crippen LogP contribution in [0.3, 0.4) is 0 Å². The van der Waals surface area contributed by atoms with E-state index < -0.39 is 0 Å². The van der Waals surface area contributed by atoms with Crippen LogP contribution in [-0.4, -0.2) is 42.8 Å². The molecule has 0 amide bonds. The van der Waals surface area contributed by atoms with Crippen LogP contribution >= 0.6 is 23.2 Å². The third-order valence-corrected chi connectivity index (χ3v) is 5.27. The van der Waals surface area contributed by atoms with Crippen LogP contribution in [0, 0.1) is 0 Å². The van der Waals surface area contributed by atoms with Gasteiger partial charge >= 0.3 is 0 Å². The van der Waals surface area contributed by atoms with Gasteiger partial charge in [-0.3, -0.25) is 16.2 Å². The molecule has 2 fully saturated rings. The van der Waals surface area contributed by atoms with E-state index in [4.69, 9.17) is 33.8 Å². The van der Waals surface area contributed by atoms with Gasteiger partial charge in [0, 0.05) is 22.6 Å². The number of hydrazine groups is 1. The Morgan fingerprint density at radius 2 is 2.14 bits per heavy atom. The van der Waals surface area contributed by atoms with Crippen LogP contribution in [0.25, 0.3) is 0 Å². The molecule has 0 spiro atoms. The summed E-state index contributed by atoms with van der Waals surface area (Å²) in [4.78, 5) is 2.51. The Hall–Kier alpha value is -0.360. The average Bonchev–Trinajstić information content (AvgIpc) is 2.94. The van der Waals surface area contributed by atoms with Gasteiger partial charge in [0.15, 0.2) is 0 Å². The summed E-state index contributed by atoms with van der Waals surface area (Å²) in [5, 5.41) is 1.36. The van der Waals surface area contributed by atoms with Gasteiger partial charge in [-0.2, -0.15) is 0 Å². The number of nitrogens with zero attached hydrogens (tertiary/aromatic N) is 1. The Balaban J connectivity index is 1.70. The number of hydrogen-bond donors (Lipinski definition) is 2. The normalized spacial score (nSPS) is 27.6. The molecule has 3 atom stereocenters. The Bertz CT molecular complexity index is 480. The molecular weight excluding hydrogens is 309 g/mol. The number of halogens is 2. The maximum Gasteiger partial charge on any atom is 0.0872 e. The van der Waals surface area contributed by atoms with Gasteiger partial charge in [-0.25, -0.2) is 0 Å². The van der Waals surface area contributed by atoms with E-state index in [2.05, 4.69) is 10.3 Å². The van der Waals surface area contributed by atoms with Crippen LogP contribution in [0.15, 0.2) is 18.2 Å². The fraction of sp³-hybridized carbons (Fsp3) is 0.600. The summed E-state index contributed by atoms with van der Waals surface area (Å²) < 4.78 is 6.03. The molecule has 116 valence electrons.